The summed E-state index contributed by atoms with van der Waals surface area (Å²) in [5.41, 5.74) is 0.371. The molecule has 1 aromatic heterocycles. The third kappa shape index (κ3) is 3.98. The number of likely N-dealkylation sites (tertiary alicyclic amines) is 1. The monoisotopic (exact) mass is 490 g/mol. The minimum atomic E-state index is -1.24. The van der Waals surface area contributed by atoms with Crippen LogP contribution in [0, 0.1) is 18.2 Å². The Morgan fingerprint density at radius 2 is 1.97 bits per heavy atom. The van der Waals surface area contributed by atoms with Gasteiger partial charge in [-0.3, -0.25) is 19.3 Å². The van der Waals surface area contributed by atoms with Gasteiger partial charge >= 0.3 is 6.17 Å². The van der Waals surface area contributed by atoms with Gasteiger partial charge in [0, 0.05) is 24.8 Å². The summed E-state index contributed by atoms with van der Waals surface area (Å²) in [7, 11) is 0. The lowest BCUT2D eigenvalue weighted by molar-refractivity contribution is -0.133. The molecule has 10 heteroatoms. The third-order valence-electron chi connectivity index (χ3n) is 6.74. The van der Waals surface area contributed by atoms with Gasteiger partial charge in [-0.05, 0) is 53.6 Å². The summed E-state index contributed by atoms with van der Waals surface area (Å²) in [5.74, 6) is -2.46. The van der Waals surface area contributed by atoms with Crippen molar-refractivity contribution in [3.63, 3.8) is 0 Å². The van der Waals surface area contributed by atoms with E-state index >= 15 is 0 Å². The molecule has 0 bridgehead atoms. The fraction of sp³-hybridized carbons (Fsp3) is 0.231. The zero-order valence-corrected chi connectivity index (χ0v) is 19.0. The zero-order chi connectivity index (χ0) is 25.4. The molecular weight excluding hydrogens is 468 g/mol. The molecule has 3 atom stereocenters. The number of benzene rings is 2. The Hall–Kier alpha value is -4.52. The summed E-state index contributed by atoms with van der Waals surface area (Å²) in [6.07, 6.45) is 0.715. The zero-order valence-electron chi connectivity index (χ0n) is 19.0. The smallest absolute Gasteiger partial charge is 0.350 e. The van der Waals surface area contributed by atoms with E-state index < -0.39 is 41.1 Å². The minimum absolute atomic E-state index is 0.0127. The quantitative estimate of drug-likeness (QED) is 0.513. The maximum Gasteiger partial charge on any atom is 0.350 e. The van der Waals surface area contributed by atoms with Crippen molar-refractivity contribution >= 4 is 23.4 Å². The molecule has 2 aliphatic rings. The largest absolute Gasteiger partial charge is 0.357 e. The second kappa shape index (κ2) is 8.92. The number of halogens is 2. The van der Waals surface area contributed by atoms with Gasteiger partial charge in [0.15, 0.2) is 0 Å². The van der Waals surface area contributed by atoms with Crippen LogP contribution in [-0.2, 0) is 21.4 Å². The van der Waals surface area contributed by atoms with E-state index in [0.29, 0.717) is 16.8 Å². The molecule has 1 spiro atoms. The Morgan fingerprint density at radius 1 is 1.17 bits per heavy atom. The molecule has 1 saturated heterocycles. The van der Waals surface area contributed by atoms with Crippen molar-refractivity contribution in [1.29, 1.82) is 0 Å². The van der Waals surface area contributed by atoms with Crippen LogP contribution in [0.2, 0.25) is 0 Å². The van der Waals surface area contributed by atoms with Crippen LogP contribution in [-0.4, -0.2) is 46.4 Å². The van der Waals surface area contributed by atoms with Gasteiger partial charge in [-0.15, -0.1) is 0 Å². The Kier molecular flexibility index (Phi) is 5.76. The summed E-state index contributed by atoms with van der Waals surface area (Å²) in [6, 6.07) is 11.8. The van der Waals surface area contributed by atoms with Gasteiger partial charge in [0.05, 0.1) is 6.42 Å². The van der Waals surface area contributed by atoms with Gasteiger partial charge in [-0.25, -0.2) is 8.78 Å². The van der Waals surface area contributed by atoms with E-state index in [0.717, 1.165) is 0 Å². The van der Waals surface area contributed by atoms with Gasteiger partial charge in [0.25, 0.3) is 18.4 Å². The highest BCUT2D eigenvalue weighted by atomic mass is 19.1. The van der Waals surface area contributed by atoms with Crippen LogP contribution in [0.15, 0.2) is 60.8 Å². The van der Waals surface area contributed by atoms with Gasteiger partial charge in [0.1, 0.15) is 28.8 Å². The maximum absolute atomic E-state index is 14.1. The van der Waals surface area contributed by atoms with E-state index in [1.807, 2.05) is 0 Å². The van der Waals surface area contributed by atoms with Crippen molar-refractivity contribution in [2.24, 2.45) is 0 Å². The number of anilines is 1. The first-order valence-corrected chi connectivity index (χ1v) is 11.3. The summed E-state index contributed by atoms with van der Waals surface area (Å²) in [4.78, 5) is 47.6. The number of nitrogens with one attached hydrogen (secondary N) is 3. The van der Waals surface area contributed by atoms with Crippen molar-refractivity contribution < 1.29 is 23.2 Å². The second-order valence-electron chi connectivity index (χ2n) is 8.97. The van der Waals surface area contributed by atoms with E-state index in [4.69, 9.17) is 6.57 Å². The van der Waals surface area contributed by atoms with Crippen molar-refractivity contribution in [2.45, 2.75) is 30.5 Å². The molecule has 3 aromatic rings. The Balaban J connectivity index is 1.47. The van der Waals surface area contributed by atoms with Crippen LogP contribution in [0.1, 0.15) is 28.0 Å². The van der Waals surface area contributed by atoms with E-state index in [2.05, 4.69) is 20.5 Å². The molecule has 5 rings (SSSR count). The highest BCUT2D eigenvalue weighted by molar-refractivity contribution is 6.07. The molecule has 182 valence electrons. The molecule has 8 nitrogen and oxygen atoms in total. The highest BCUT2D eigenvalue weighted by Crippen LogP contribution is 2.47. The van der Waals surface area contributed by atoms with Crippen molar-refractivity contribution in [1.82, 2.24) is 15.2 Å². The molecule has 0 radical (unpaired) electrons. The molecule has 0 aliphatic carbocycles. The van der Waals surface area contributed by atoms with Crippen LogP contribution in [0.5, 0.6) is 0 Å². The number of aromatic amines is 1. The molecule has 2 aromatic carbocycles. The summed E-state index contributed by atoms with van der Waals surface area (Å²) >= 11 is 0. The summed E-state index contributed by atoms with van der Waals surface area (Å²) in [5, 5.41) is 5.45. The van der Waals surface area contributed by atoms with Crippen LogP contribution in [0.3, 0.4) is 0 Å². The molecule has 3 N–H and O–H groups in total. The SMILES string of the molecule is C#[N+][C@@H]1C[C@@]2(CN1C(=O)[C@H](Cc1cccc(F)c1)NC(=O)c1ccc[nH]1)C(=O)Nc1ccc(F)cc12. The molecular formula is C26H22F2N5O3+. The topological polar surface area (TPSA) is 98.7 Å². The average molecular weight is 490 g/mol. The van der Waals surface area contributed by atoms with Crippen molar-refractivity contribution in [3.8, 4) is 6.57 Å². The molecule has 36 heavy (non-hydrogen) atoms. The van der Waals surface area contributed by atoms with Crippen LogP contribution >= 0.6 is 0 Å². The molecule has 0 unspecified atom stereocenters. The first-order valence-electron chi connectivity index (χ1n) is 11.3. The fourth-order valence-electron chi connectivity index (χ4n) is 4.99. The Labute approximate surface area is 205 Å². The highest BCUT2D eigenvalue weighted by Gasteiger charge is 2.60. The van der Waals surface area contributed by atoms with E-state index in [9.17, 15) is 23.2 Å². The number of amides is 3. The number of carbonyl (C=O) groups is 3. The predicted molar refractivity (Wildman–Crippen MR) is 127 cm³/mol. The number of hydrogen-bond acceptors (Lipinski definition) is 3. The molecule has 1 fully saturated rings. The Morgan fingerprint density at radius 3 is 2.69 bits per heavy atom. The first kappa shape index (κ1) is 23.2. The summed E-state index contributed by atoms with van der Waals surface area (Å²) in [6.45, 7) is 5.53. The van der Waals surface area contributed by atoms with E-state index in [1.165, 1.54) is 41.3 Å². The minimum Gasteiger partial charge on any atom is -0.357 e. The number of H-pyrrole nitrogens is 1. The first-order chi connectivity index (χ1) is 17.3. The van der Waals surface area contributed by atoms with Crippen LogP contribution < -0.4 is 10.6 Å². The maximum atomic E-state index is 14.1. The molecule has 3 amide bonds. The lowest BCUT2D eigenvalue weighted by atomic mass is 9.80. The average Bonchev–Trinajstić information content (AvgIpc) is 3.58. The number of aromatic nitrogens is 1. The van der Waals surface area contributed by atoms with E-state index in [1.54, 1.807) is 24.4 Å². The van der Waals surface area contributed by atoms with Crippen molar-refractivity contribution in [3.05, 3.63) is 94.1 Å². The lowest BCUT2D eigenvalue weighted by Crippen LogP contribution is -2.51. The lowest BCUT2D eigenvalue weighted by Gasteiger charge is -2.25. The van der Waals surface area contributed by atoms with Gasteiger partial charge in [0.2, 0.25) is 5.91 Å². The molecule has 2 aliphatic heterocycles. The normalized spacial score (nSPS) is 21.1. The van der Waals surface area contributed by atoms with Crippen LogP contribution in [0.4, 0.5) is 14.5 Å². The number of carbonyl (C=O) groups excluding carboxylic acids is 3. The number of rotatable bonds is 5. The second-order valence-corrected chi connectivity index (χ2v) is 8.97. The molecule has 3 heterocycles. The Bertz CT molecular complexity index is 1400. The van der Waals surface area contributed by atoms with Gasteiger partial charge in [-0.2, -0.15) is 0 Å². The predicted octanol–water partition coefficient (Wildman–Crippen LogP) is 3.05. The number of hydrogen-bond donors (Lipinski definition) is 3. The van der Waals surface area contributed by atoms with Crippen molar-refractivity contribution in [2.75, 3.05) is 11.9 Å². The fourth-order valence-corrected chi connectivity index (χ4v) is 4.99. The van der Waals surface area contributed by atoms with Crippen LogP contribution in [0.25, 0.3) is 4.85 Å². The van der Waals surface area contributed by atoms with Gasteiger partial charge in [-0.1, -0.05) is 17.0 Å². The third-order valence-corrected chi connectivity index (χ3v) is 6.74. The number of nitrogens with zero attached hydrogens (tertiary/aromatic N) is 2. The molecule has 0 saturated carbocycles. The summed E-state index contributed by atoms with van der Waals surface area (Å²) < 4.78 is 27.9. The van der Waals surface area contributed by atoms with Gasteiger partial charge < -0.3 is 15.6 Å². The number of fused-ring (bicyclic) bond motifs is 2. The van der Waals surface area contributed by atoms with E-state index in [-0.39, 0.29) is 31.0 Å². The standard InChI is InChI=1S/C26H21F2N5O3/c1-29-22-13-26(18-12-17(28)7-8-19(18)32-25(26)36)14-33(22)24(35)21(11-15-4-2-5-16(27)10-15)31-23(34)20-6-3-9-30-20/h1-10,12,21-22H,11,13-14H2,(H2-,30,31,32,34,36)/p+1/t21-,22-,26-/m0/s1.